The topological polar surface area (TPSA) is 104 Å². The Hall–Kier alpha value is -3.14. The maximum Gasteiger partial charge on any atom is 0.338 e. The highest BCUT2D eigenvalue weighted by Crippen LogP contribution is 2.43. The third-order valence-corrected chi connectivity index (χ3v) is 3.85. The quantitative estimate of drug-likeness (QED) is 0.818. The van der Waals surface area contributed by atoms with E-state index in [0.29, 0.717) is 17.1 Å². The second-order valence-electron chi connectivity index (χ2n) is 5.22. The van der Waals surface area contributed by atoms with Crippen molar-refractivity contribution in [1.29, 1.82) is 5.26 Å². The zero-order valence-electron chi connectivity index (χ0n) is 14.6. The Morgan fingerprint density at radius 2 is 2.08 bits per heavy atom. The lowest BCUT2D eigenvalue weighted by Gasteiger charge is -2.27. The third kappa shape index (κ3) is 3.38. The molecule has 7 nitrogen and oxygen atoms in total. The van der Waals surface area contributed by atoms with Gasteiger partial charge in [0.2, 0.25) is 5.88 Å². The van der Waals surface area contributed by atoms with Crippen molar-refractivity contribution in [2.24, 2.45) is 5.73 Å². The molecule has 2 N–H and O–H groups in total. The highest BCUT2D eigenvalue weighted by atomic mass is 16.5. The molecule has 1 aliphatic heterocycles. The van der Waals surface area contributed by atoms with Crippen LogP contribution in [0.25, 0.3) is 0 Å². The molecule has 25 heavy (non-hydrogen) atoms. The lowest BCUT2D eigenvalue weighted by atomic mass is 9.82. The largest absolute Gasteiger partial charge is 0.497 e. The molecule has 7 heteroatoms. The number of rotatable bonds is 5. The lowest BCUT2D eigenvalue weighted by molar-refractivity contribution is -0.139. The van der Waals surface area contributed by atoms with Gasteiger partial charge in [-0.15, -0.1) is 0 Å². The van der Waals surface area contributed by atoms with Crippen LogP contribution < -0.4 is 15.2 Å². The molecule has 0 aliphatic carbocycles. The third-order valence-electron chi connectivity index (χ3n) is 3.85. The van der Waals surface area contributed by atoms with E-state index in [4.69, 9.17) is 24.7 Å². The summed E-state index contributed by atoms with van der Waals surface area (Å²) in [5.74, 6) is -0.0292. The van der Waals surface area contributed by atoms with Gasteiger partial charge in [-0.3, -0.25) is 0 Å². The fraction of sp³-hybridized carbons (Fsp3) is 0.333. The van der Waals surface area contributed by atoms with Crippen molar-refractivity contribution < 1.29 is 23.7 Å². The van der Waals surface area contributed by atoms with Gasteiger partial charge in [-0.2, -0.15) is 5.26 Å². The smallest absolute Gasteiger partial charge is 0.338 e. The first-order valence-corrected chi connectivity index (χ1v) is 7.65. The number of benzene rings is 1. The maximum atomic E-state index is 12.5. The van der Waals surface area contributed by atoms with Crippen LogP contribution in [0.4, 0.5) is 0 Å². The van der Waals surface area contributed by atoms with Gasteiger partial charge in [0.15, 0.2) is 0 Å². The molecule has 0 unspecified atom stereocenters. The lowest BCUT2D eigenvalue weighted by Crippen LogP contribution is -2.25. The van der Waals surface area contributed by atoms with E-state index in [9.17, 15) is 10.1 Å². The van der Waals surface area contributed by atoms with E-state index in [0.717, 1.165) is 0 Å². The first-order chi connectivity index (χ1) is 12.0. The van der Waals surface area contributed by atoms with Crippen LogP contribution in [-0.4, -0.2) is 26.8 Å². The summed E-state index contributed by atoms with van der Waals surface area (Å²) in [6.07, 6.45) is 0. The number of methoxy groups -OCH3 is 2. The van der Waals surface area contributed by atoms with Crippen LogP contribution in [0.2, 0.25) is 0 Å². The van der Waals surface area contributed by atoms with Gasteiger partial charge in [-0.25, -0.2) is 4.79 Å². The monoisotopic (exact) mass is 344 g/mol. The Labute approximate surface area is 146 Å². The molecule has 0 amide bonds. The van der Waals surface area contributed by atoms with Gasteiger partial charge in [0, 0.05) is 11.6 Å². The van der Waals surface area contributed by atoms with E-state index >= 15 is 0 Å². The van der Waals surface area contributed by atoms with Crippen molar-refractivity contribution in [3.8, 4) is 17.6 Å². The molecule has 0 fully saturated rings. The summed E-state index contributed by atoms with van der Waals surface area (Å²) in [6.45, 7) is 3.51. The summed E-state index contributed by atoms with van der Waals surface area (Å²) >= 11 is 0. The van der Waals surface area contributed by atoms with Gasteiger partial charge in [-0.05, 0) is 19.9 Å². The Morgan fingerprint density at radius 1 is 1.36 bits per heavy atom. The minimum absolute atomic E-state index is 0.0454. The van der Waals surface area contributed by atoms with Crippen LogP contribution in [-0.2, 0) is 14.3 Å². The normalized spacial score (nSPS) is 16.8. The summed E-state index contributed by atoms with van der Waals surface area (Å²) in [4.78, 5) is 12.5. The summed E-state index contributed by atoms with van der Waals surface area (Å²) < 4.78 is 21.1. The summed E-state index contributed by atoms with van der Waals surface area (Å²) in [7, 11) is 3.03. The highest BCUT2D eigenvalue weighted by molar-refractivity contribution is 5.92. The molecule has 0 aromatic heterocycles. The minimum Gasteiger partial charge on any atom is -0.497 e. The molecular weight excluding hydrogens is 324 g/mol. The number of nitriles is 1. The molecule has 0 bridgehead atoms. The molecule has 1 heterocycles. The molecule has 0 radical (unpaired) electrons. The Kier molecular flexibility index (Phi) is 5.55. The molecule has 1 aromatic carbocycles. The second kappa shape index (κ2) is 7.62. The van der Waals surface area contributed by atoms with Crippen LogP contribution in [0, 0.1) is 11.3 Å². The predicted molar refractivity (Wildman–Crippen MR) is 89.5 cm³/mol. The van der Waals surface area contributed by atoms with E-state index in [1.807, 2.05) is 6.07 Å². The fourth-order valence-corrected chi connectivity index (χ4v) is 2.72. The fourth-order valence-electron chi connectivity index (χ4n) is 2.72. The van der Waals surface area contributed by atoms with Gasteiger partial charge in [0.1, 0.15) is 28.9 Å². The number of nitrogens with two attached hydrogens (primary N) is 1. The molecule has 1 atom stereocenters. The van der Waals surface area contributed by atoms with E-state index in [1.165, 1.54) is 14.2 Å². The van der Waals surface area contributed by atoms with E-state index in [-0.39, 0.29) is 29.4 Å². The van der Waals surface area contributed by atoms with E-state index in [1.54, 1.807) is 32.0 Å². The van der Waals surface area contributed by atoms with E-state index in [2.05, 4.69) is 0 Å². The molecule has 0 spiro atoms. The predicted octanol–water partition coefficient (Wildman–Crippen LogP) is 2.35. The summed E-state index contributed by atoms with van der Waals surface area (Å²) in [5.41, 5.74) is 6.81. The molecular formula is C18H20N2O5. The number of esters is 1. The number of allylic oxidation sites excluding steroid dienone is 2. The van der Waals surface area contributed by atoms with Gasteiger partial charge in [0.05, 0.1) is 32.3 Å². The van der Waals surface area contributed by atoms with Crippen molar-refractivity contribution in [2.75, 3.05) is 20.8 Å². The van der Waals surface area contributed by atoms with Crippen molar-refractivity contribution in [3.05, 3.63) is 46.6 Å². The Morgan fingerprint density at radius 3 is 2.64 bits per heavy atom. The SMILES string of the molecule is CCOC(=O)C1=C(C)OC(N)=C(C#N)[C@H]1c1ccc(OC)cc1OC. The average Bonchev–Trinajstić information content (AvgIpc) is 2.60. The van der Waals surface area contributed by atoms with Gasteiger partial charge in [-0.1, -0.05) is 6.07 Å². The number of nitrogens with zero attached hydrogens (tertiary/aromatic N) is 1. The maximum absolute atomic E-state index is 12.5. The molecule has 0 saturated heterocycles. The van der Waals surface area contributed by atoms with Crippen molar-refractivity contribution in [3.63, 3.8) is 0 Å². The van der Waals surface area contributed by atoms with Crippen LogP contribution in [0.15, 0.2) is 41.0 Å². The van der Waals surface area contributed by atoms with Crippen molar-refractivity contribution in [2.45, 2.75) is 19.8 Å². The number of carbonyl (C=O) groups excluding carboxylic acids is 1. The van der Waals surface area contributed by atoms with Crippen LogP contribution in [0.1, 0.15) is 25.3 Å². The van der Waals surface area contributed by atoms with Crippen molar-refractivity contribution in [1.82, 2.24) is 0 Å². The second-order valence-corrected chi connectivity index (χ2v) is 5.22. The number of carbonyl (C=O) groups is 1. The average molecular weight is 344 g/mol. The summed E-state index contributed by atoms with van der Waals surface area (Å²) in [5, 5.41) is 9.57. The van der Waals surface area contributed by atoms with Crippen LogP contribution in [0.3, 0.4) is 0 Å². The first-order valence-electron chi connectivity index (χ1n) is 7.65. The Bertz CT molecular complexity index is 789. The highest BCUT2D eigenvalue weighted by Gasteiger charge is 2.37. The zero-order valence-corrected chi connectivity index (χ0v) is 14.6. The molecule has 1 aromatic rings. The zero-order chi connectivity index (χ0) is 18.6. The van der Waals surface area contributed by atoms with Crippen LogP contribution >= 0.6 is 0 Å². The minimum atomic E-state index is -0.751. The Balaban J connectivity index is 2.69. The van der Waals surface area contributed by atoms with Crippen LogP contribution in [0.5, 0.6) is 11.5 Å². The number of hydrogen-bond donors (Lipinski definition) is 1. The van der Waals surface area contributed by atoms with Crippen molar-refractivity contribution >= 4 is 5.97 Å². The molecule has 1 aliphatic rings. The number of ether oxygens (including phenoxy) is 4. The van der Waals surface area contributed by atoms with E-state index < -0.39 is 11.9 Å². The number of hydrogen-bond acceptors (Lipinski definition) is 7. The van der Waals surface area contributed by atoms with Gasteiger partial charge < -0.3 is 24.7 Å². The summed E-state index contributed by atoms with van der Waals surface area (Å²) in [6, 6.07) is 7.15. The van der Waals surface area contributed by atoms with Gasteiger partial charge in [0.25, 0.3) is 0 Å². The standard InChI is InChI=1S/C18H20N2O5/c1-5-24-18(21)15-10(2)25-17(20)13(9-19)16(15)12-7-6-11(22-3)8-14(12)23-4/h6-8,16H,5,20H2,1-4H3/t16-/m1/s1. The molecule has 0 saturated carbocycles. The molecule has 2 rings (SSSR count). The van der Waals surface area contributed by atoms with Gasteiger partial charge >= 0.3 is 5.97 Å². The first kappa shape index (κ1) is 18.2. The molecule has 132 valence electrons.